The van der Waals surface area contributed by atoms with E-state index in [1.807, 2.05) is 0 Å². The zero-order valence-corrected chi connectivity index (χ0v) is 12.6. The van der Waals surface area contributed by atoms with Crippen LogP contribution in [0.4, 0.5) is 17.6 Å². The van der Waals surface area contributed by atoms with Crippen LogP contribution in [0.25, 0.3) is 0 Å². The predicted octanol–water partition coefficient (Wildman–Crippen LogP) is 4.73. The summed E-state index contributed by atoms with van der Waals surface area (Å²) in [6, 6.07) is 6.54. The second-order valence-corrected chi connectivity index (χ2v) is 4.66. The quantitative estimate of drug-likeness (QED) is 0.581. The second-order valence-electron chi connectivity index (χ2n) is 4.66. The van der Waals surface area contributed by atoms with Gasteiger partial charge in [0.15, 0.2) is 17.3 Å². The maximum atomic E-state index is 13.2. The highest BCUT2D eigenvalue weighted by Gasteiger charge is 2.31. The minimum atomic E-state index is -4.88. The highest BCUT2D eigenvalue weighted by Crippen LogP contribution is 2.35. The van der Waals surface area contributed by atoms with Crippen molar-refractivity contribution in [3.63, 3.8) is 0 Å². The molecule has 0 N–H and O–H groups in total. The topological polar surface area (TPSA) is 44.8 Å². The number of methoxy groups -OCH3 is 1. The molecule has 2 aromatic rings. The molecule has 0 saturated carbocycles. The number of hydrogen-bond acceptors (Lipinski definition) is 4. The van der Waals surface area contributed by atoms with Gasteiger partial charge in [-0.25, -0.2) is 4.39 Å². The lowest BCUT2D eigenvalue weighted by molar-refractivity contribution is -0.274. The van der Waals surface area contributed by atoms with Crippen LogP contribution in [0.5, 0.6) is 23.0 Å². The van der Waals surface area contributed by atoms with Crippen molar-refractivity contribution in [2.24, 2.45) is 0 Å². The molecule has 0 heterocycles. The molecule has 8 heteroatoms. The number of alkyl halides is 3. The van der Waals surface area contributed by atoms with Crippen molar-refractivity contribution in [1.29, 1.82) is 0 Å². The summed E-state index contributed by atoms with van der Waals surface area (Å²) in [5, 5.41) is 0. The fourth-order valence-corrected chi connectivity index (χ4v) is 1.91. The number of rotatable bonds is 5. The van der Waals surface area contributed by atoms with Crippen LogP contribution in [0.3, 0.4) is 0 Å². The second kappa shape index (κ2) is 6.77. The number of benzene rings is 2. The van der Waals surface area contributed by atoms with Crippen molar-refractivity contribution in [3.05, 3.63) is 47.8 Å². The summed E-state index contributed by atoms with van der Waals surface area (Å²) in [5.74, 6) is -1.47. The minimum Gasteiger partial charge on any atom is -0.493 e. The lowest BCUT2D eigenvalue weighted by Crippen LogP contribution is -2.17. The minimum absolute atomic E-state index is 0.0121. The Bertz CT molecular complexity index is 756. The summed E-state index contributed by atoms with van der Waals surface area (Å²) in [7, 11) is 1.30. The van der Waals surface area contributed by atoms with Crippen LogP contribution in [0.1, 0.15) is 17.3 Å². The molecule has 2 aromatic carbocycles. The Morgan fingerprint density at radius 2 is 1.67 bits per heavy atom. The third-order valence-electron chi connectivity index (χ3n) is 2.91. The molecule has 0 aliphatic heterocycles. The van der Waals surface area contributed by atoms with Crippen molar-refractivity contribution in [2.75, 3.05) is 7.11 Å². The monoisotopic (exact) mass is 344 g/mol. The lowest BCUT2D eigenvalue weighted by atomic mass is 10.1. The van der Waals surface area contributed by atoms with Crippen molar-refractivity contribution in [3.8, 4) is 23.0 Å². The largest absolute Gasteiger partial charge is 0.573 e. The van der Waals surface area contributed by atoms with E-state index < -0.39 is 23.7 Å². The van der Waals surface area contributed by atoms with Gasteiger partial charge in [0.2, 0.25) is 0 Å². The van der Waals surface area contributed by atoms with Crippen LogP contribution in [0.15, 0.2) is 36.4 Å². The van der Waals surface area contributed by atoms with Gasteiger partial charge < -0.3 is 14.2 Å². The zero-order valence-electron chi connectivity index (χ0n) is 12.6. The molecule has 0 saturated heterocycles. The number of hydrogen-bond donors (Lipinski definition) is 0. The summed E-state index contributed by atoms with van der Waals surface area (Å²) in [6.07, 6.45) is -4.88. The van der Waals surface area contributed by atoms with Gasteiger partial charge in [-0.1, -0.05) is 0 Å². The summed E-state index contributed by atoms with van der Waals surface area (Å²) in [6.45, 7) is 1.17. The molecule has 0 fully saturated rings. The molecule has 0 aliphatic carbocycles. The molecule has 2 rings (SSSR count). The van der Waals surface area contributed by atoms with E-state index in [-0.39, 0.29) is 22.8 Å². The molecule has 0 spiro atoms. The first kappa shape index (κ1) is 17.6. The SMILES string of the molecule is COc1cc(F)ccc1Oc1ccc(OC(F)(F)F)cc1C(C)=O. The van der Waals surface area contributed by atoms with Crippen molar-refractivity contribution < 1.29 is 36.6 Å². The third-order valence-corrected chi connectivity index (χ3v) is 2.91. The Morgan fingerprint density at radius 1 is 1.00 bits per heavy atom. The summed E-state index contributed by atoms with van der Waals surface area (Å²) in [5.41, 5.74) is -0.122. The smallest absolute Gasteiger partial charge is 0.493 e. The summed E-state index contributed by atoms with van der Waals surface area (Å²) >= 11 is 0. The van der Waals surface area contributed by atoms with Crippen LogP contribution >= 0.6 is 0 Å². The van der Waals surface area contributed by atoms with Crippen LogP contribution in [0, 0.1) is 5.82 Å². The first-order valence-corrected chi connectivity index (χ1v) is 6.61. The molecule has 0 unspecified atom stereocenters. The van der Waals surface area contributed by atoms with Crippen molar-refractivity contribution in [1.82, 2.24) is 0 Å². The van der Waals surface area contributed by atoms with E-state index in [1.165, 1.54) is 20.1 Å². The van der Waals surface area contributed by atoms with Gasteiger partial charge in [-0.3, -0.25) is 4.79 Å². The fraction of sp³-hybridized carbons (Fsp3) is 0.188. The molecule has 128 valence electrons. The molecule has 0 radical (unpaired) electrons. The van der Waals surface area contributed by atoms with E-state index in [9.17, 15) is 22.4 Å². The molecule has 0 bridgehead atoms. The van der Waals surface area contributed by atoms with Gasteiger partial charge in [0.25, 0.3) is 0 Å². The zero-order chi connectivity index (χ0) is 17.9. The highest BCUT2D eigenvalue weighted by atomic mass is 19.4. The summed E-state index contributed by atoms with van der Waals surface area (Å²) < 4.78 is 64.2. The van der Waals surface area contributed by atoms with Gasteiger partial charge >= 0.3 is 6.36 Å². The Balaban J connectivity index is 2.38. The van der Waals surface area contributed by atoms with Crippen LogP contribution in [-0.2, 0) is 0 Å². The number of halogens is 4. The van der Waals surface area contributed by atoms with E-state index in [0.29, 0.717) is 0 Å². The molecule has 0 aromatic heterocycles. The molecular formula is C16H12F4O4. The van der Waals surface area contributed by atoms with Gasteiger partial charge in [0.05, 0.1) is 12.7 Å². The van der Waals surface area contributed by atoms with E-state index in [0.717, 1.165) is 30.3 Å². The van der Waals surface area contributed by atoms with Crippen molar-refractivity contribution >= 4 is 5.78 Å². The number of carbonyl (C=O) groups is 1. The van der Waals surface area contributed by atoms with Gasteiger partial charge in [0.1, 0.15) is 17.3 Å². The third kappa shape index (κ3) is 4.37. The van der Waals surface area contributed by atoms with Gasteiger partial charge in [-0.2, -0.15) is 0 Å². The fourth-order valence-electron chi connectivity index (χ4n) is 1.91. The number of Topliss-reactive ketones (excluding diaryl/α,β-unsaturated/α-hetero) is 1. The Morgan fingerprint density at radius 3 is 2.25 bits per heavy atom. The molecule has 0 amide bonds. The van der Waals surface area contributed by atoms with Gasteiger partial charge in [0, 0.05) is 6.07 Å². The van der Waals surface area contributed by atoms with Crippen LogP contribution < -0.4 is 14.2 Å². The van der Waals surface area contributed by atoms with Crippen molar-refractivity contribution in [2.45, 2.75) is 13.3 Å². The first-order chi connectivity index (χ1) is 11.2. The molecule has 24 heavy (non-hydrogen) atoms. The molecular weight excluding hydrogens is 332 g/mol. The molecule has 0 atom stereocenters. The summed E-state index contributed by atoms with van der Waals surface area (Å²) in [4.78, 5) is 11.7. The standard InChI is InChI=1S/C16H12F4O4/c1-9(21)12-8-11(24-16(18,19)20)4-6-13(12)23-14-5-3-10(17)7-15(14)22-2/h3-8H,1-2H3. The van der Waals surface area contributed by atoms with Gasteiger partial charge in [-0.05, 0) is 37.3 Å². The average Bonchev–Trinajstić information content (AvgIpc) is 2.48. The first-order valence-electron chi connectivity index (χ1n) is 6.61. The van der Waals surface area contributed by atoms with E-state index in [4.69, 9.17) is 9.47 Å². The highest BCUT2D eigenvalue weighted by molar-refractivity contribution is 5.97. The Kier molecular flexibility index (Phi) is 4.96. The maximum Gasteiger partial charge on any atom is 0.573 e. The Hall–Kier alpha value is -2.77. The molecule has 4 nitrogen and oxygen atoms in total. The molecule has 0 aliphatic rings. The Labute approximate surface area is 134 Å². The normalized spacial score (nSPS) is 11.1. The average molecular weight is 344 g/mol. The van der Waals surface area contributed by atoms with E-state index >= 15 is 0 Å². The van der Waals surface area contributed by atoms with Crippen LogP contribution in [0.2, 0.25) is 0 Å². The number of ether oxygens (including phenoxy) is 3. The lowest BCUT2D eigenvalue weighted by Gasteiger charge is -2.14. The van der Waals surface area contributed by atoms with E-state index in [1.54, 1.807) is 0 Å². The maximum absolute atomic E-state index is 13.2. The van der Waals surface area contributed by atoms with Gasteiger partial charge in [-0.15, -0.1) is 13.2 Å². The van der Waals surface area contributed by atoms with Crippen LogP contribution in [-0.4, -0.2) is 19.3 Å². The predicted molar refractivity (Wildman–Crippen MR) is 76.2 cm³/mol. The number of ketones is 1. The van der Waals surface area contributed by atoms with E-state index in [2.05, 4.69) is 4.74 Å². The number of carbonyl (C=O) groups excluding carboxylic acids is 1.